The molecule has 0 saturated carbocycles. The lowest BCUT2D eigenvalue weighted by Crippen LogP contribution is -2.40. The molecule has 0 atom stereocenters. The Balaban J connectivity index is 3.01. The third-order valence-corrected chi connectivity index (χ3v) is 1.02. The normalized spacial score (nSPS) is 9.67. The molecule has 0 aromatic rings. The number of hydrogen-bond acceptors (Lipinski definition) is 6. The van der Waals surface area contributed by atoms with Crippen LogP contribution in [0.3, 0.4) is 0 Å². The minimum Gasteiger partial charge on any atom is -0.549 e. The maximum atomic E-state index is 9.84. The van der Waals surface area contributed by atoms with E-state index in [-0.39, 0.29) is 13.1 Å². The predicted octanol–water partition coefficient (Wildman–Crippen LogP) is -4.33. The standard InChI is InChI=1S/C6H12N2O4/c9-5(10)3-7-1-2-8-4-6(11)12/h7-8H,1-4H2,(H,9,10)(H,11,12)/p-2. The molecular formula is C6H10N2O4-2. The van der Waals surface area contributed by atoms with Crippen molar-refractivity contribution in [1.29, 1.82) is 0 Å². The SMILES string of the molecule is O=C([O-])CNCCNCC(=O)[O-]. The van der Waals surface area contributed by atoms with Crippen molar-refractivity contribution >= 4 is 11.9 Å². The van der Waals surface area contributed by atoms with Crippen molar-refractivity contribution in [2.75, 3.05) is 26.2 Å². The van der Waals surface area contributed by atoms with Crippen molar-refractivity contribution in [2.45, 2.75) is 0 Å². The van der Waals surface area contributed by atoms with Crippen LogP contribution in [0.25, 0.3) is 0 Å². The van der Waals surface area contributed by atoms with Crippen LogP contribution in [0.5, 0.6) is 0 Å². The van der Waals surface area contributed by atoms with Crippen LogP contribution in [0.15, 0.2) is 0 Å². The van der Waals surface area contributed by atoms with Gasteiger partial charge >= 0.3 is 0 Å². The largest absolute Gasteiger partial charge is 0.549 e. The van der Waals surface area contributed by atoms with Gasteiger partial charge in [0.1, 0.15) is 0 Å². The summed E-state index contributed by atoms with van der Waals surface area (Å²) >= 11 is 0. The zero-order chi connectivity index (χ0) is 9.40. The van der Waals surface area contributed by atoms with E-state index in [1.165, 1.54) is 0 Å². The number of carboxylic acid groups (broad SMARTS) is 2. The summed E-state index contributed by atoms with van der Waals surface area (Å²) in [6.45, 7) is 0.294. The van der Waals surface area contributed by atoms with Crippen LogP contribution in [0.2, 0.25) is 0 Å². The Morgan fingerprint density at radius 1 is 0.917 bits per heavy atom. The second kappa shape index (κ2) is 6.56. The smallest absolute Gasteiger partial charge is 0.0552 e. The van der Waals surface area contributed by atoms with Gasteiger partial charge < -0.3 is 30.4 Å². The maximum absolute atomic E-state index is 9.84. The molecule has 0 spiro atoms. The summed E-state index contributed by atoms with van der Waals surface area (Å²) in [4.78, 5) is 19.7. The number of aliphatic carboxylic acids is 2. The molecule has 6 heteroatoms. The molecule has 0 amide bonds. The predicted molar refractivity (Wildman–Crippen MR) is 35.8 cm³/mol. The van der Waals surface area contributed by atoms with Crippen molar-refractivity contribution < 1.29 is 19.8 Å². The summed E-state index contributed by atoms with van der Waals surface area (Å²) in [7, 11) is 0. The first-order valence-corrected chi connectivity index (χ1v) is 3.44. The van der Waals surface area contributed by atoms with Gasteiger partial charge in [-0.05, 0) is 0 Å². The molecule has 0 radical (unpaired) electrons. The Hall–Kier alpha value is -1.14. The Bertz CT molecular complexity index is 142. The first-order valence-electron chi connectivity index (χ1n) is 3.44. The highest BCUT2D eigenvalue weighted by Crippen LogP contribution is 1.59. The molecule has 0 saturated heterocycles. The van der Waals surface area contributed by atoms with Crippen molar-refractivity contribution in [3.05, 3.63) is 0 Å². The summed E-state index contributed by atoms with van der Waals surface area (Å²) in [5, 5.41) is 24.7. The van der Waals surface area contributed by atoms with Crippen LogP contribution in [0.4, 0.5) is 0 Å². The van der Waals surface area contributed by atoms with Gasteiger partial charge in [-0.3, -0.25) is 0 Å². The van der Waals surface area contributed by atoms with E-state index in [2.05, 4.69) is 10.6 Å². The molecule has 0 aromatic heterocycles. The van der Waals surface area contributed by atoms with Crippen LogP contribution in [-0.2, 0) is 9.59 Å². The molecule has 0 heterocycles. The van der Waals surface area contributed by atoms with Gasteiger partial charge in [0, 0.05) is 26.2 Å². The van der Waals surface area contributed by atoms with Crippen LogP contribution >= 0.6 is 0 Å². The van der Waals surface area contributed by atoms with E-state index >= 15 is 0 Å². The van der Waals surface area contributed by atoms with Gasteiger partial charge in [0.05, 0.1) is 11.9 Å². The Morgan fingerprint density at radius 2 is 1.25 bits per heavy atom. The lowest BCUT2D eigenvalue weighted by atomic mass is 10.5. The van der Waals surface area contributed by atoms with Gasteiger partial charge in [0.25, 0.3) is 0 Å². The Labute approximate surface area is 69.6 Å². The fraction of sp³-hybridized carbons (Fsp3) is 0.667. The van der Waals surface area contributed by atoms with E-state index in [0.717, 1.165) is 0 Å². The first-order chi connectivity index (χ1) is 5.63. The Kier molecular flexibility index (Phi) is 5.94. The van der Waals surface area contributed by atoms with Crippen molar-refractivity contribution in [1.82, 2.24) is 10.6 Å². The minimum absolute atomic E-state index is 0.229. The van der Waals surface area contributed by atoms with Crippen molar-refractivity contribution in [3.63, 3.8) is 0 Å². The summed E-state index contributed by atoms with van der Waals surface area (Å²) in [5.41, 5.74) is 0. The Morgan fingerprint density at radius 3 is 1.50 bits per heavy atom. The van der Waals surface area contributed by atoms with Gasteiger partial charge in [0.2, 0.25) is 0 Å². The highest BCUT2D eigenvalue weighted by atomic mass is 16.4. The molecule has 0 unspecified atom stereocenters. The van der Waals surface area contributed by atoms with Crippen LogP contribution in [0, 0.1) is 0 Å². The second-order valence-corrected chi connectivity index (χ2v) is 2.10. The quantitative estimate of drug-likeness (QED) is 0.378. The highest BCUT2D eigenvalue weighted by Gasteiger charge is 1.87. The zero-order valence-corrected chi connectivity index (χ0v) is 6.46. The lowest BCUT2D eigenvalue weighted by Gasteiger charge is -2.06. The van der Waals surface area contributed by atoms with E-state index in [9.17, 15) is 19.8 Å². The van der Waals surface area contributed by atoms with Gasteiger partial charge in [-0.2, -0.15) is 0 Å². The van der Waals surface area contributed by atoms with Crippen molar-refractivity contribution in [3.8, 4) is 0 Å². The average Bonchev–Trinajstić information content (AvgIpc) is 1.95. The zero-order valence-electron chi connectivity index (χ0n) is 6.46. The van der Waals surface area contributed by atoms with Crippen molar-refractivity contribution in [2.24, 2.45) is 0 Å². The second-order valence-electron chi connectivity index (χ2n) is 2.10. The third kappa shape index (κ3) is 8.86. The highest BCUT2D eigenvalue weighted by molar-refractivity contribution is 5.66. The minimum atomic E-state index is -1.19. The number of rotatable bonds is 7. The third-order valence-electron chi connectivity index (χ3n) is 1.02. The topological polar surface area (TPSA) is 104 Å². The number of carbonyl (C=O) groups excluding carboxylic acids is 2. The van der Waals surface area contributed by atoms with E-state index in [1.807, 2.05) is 0 Å². The first kappa shape index (κ1) is 10.9. The van der Waals surface area contributed by atoms with E-state index in [0.29, 0.717) is 13.1 Å². The lowest BCUT2D eigenvalue weighted by molar-refractivity contribution is -0.305. The van der Waals surface area contributed by atoms with Crippen LogP contribution < -0.4 is 20.8 Å². The molecular weight excluding hydrogens is 164 g/mol. The van der Waals surface area contributed by atoms with E-state index in [1.54, 1.807) is 0 Å². The molecule has 0 bridgehead atoms. The fourth-order valence-corrected chi connectivity index (χ4v) is 0.558. The molecule has 0 aliphatic heterocycles. The number of nitrogens with one attached hydrogen (secondary N) is 2. The molecule has 2 N–H and O–H groups in total. The summed E-state index contributed by atoms with van der Waals surface area (Å²) in [6.07, 6.45) is 0. The van der Waals surface area contributed by atoms with E-state index in [4.69, 9.17) is 0 Å². The average molecular weight is 174 g/mol. The summed E-state index contributed by atoms with van der Waals surface area (Å²) < 4.78 is 0. The van der Waals surface area contributed by atoms with Gasteiger partial charge in [-0.15, -0.1) is 0 Å². The number of carbonyl (C=O) groups is 2. The molecule has 6 nitrogen and oxygen atoms in total. The monoisotopic (exact) mass is 174 g/mol. The molecule has 0 aromatic carbocycles. The molecule has 0 aliphatic carbocycles. The summed E-state index contributed by atoms with van der Waals surface area (Å²) in [5.74, 6) is -2.37. The number of carboxylic acids is 2. The van der Waals surface area contributed by atoms with Gasteiger partial charge in [0.15, 0.2) is 0 Å². The molecule has 0 rings (SSSR count). The summed E-state index contributed by atoms with van der Waals surface area (Å²) in [6, 6.07) is 0. The molecule has 0 aliphatic rings. The fourth-order valence-electron chi connectivity index (χ4n) is 0.558. The number of hydrogen-bond donors (Lipinski definition) is 2. The molecule has 12 heavy (non-hydrogen) atoms. The van der Waals surface area contributed by atoms with Crippen LogP contribution in [-0.4, -0.2) is 38.1 Å². The molecule has 70 valence electrons. The molecule has 0 fully saturated rings. The van der Waals surface area contributed by atoms with E-state index < -0.39 is 11.9 Å². The van der Waals surface area contributed by atoms with Gasteiger partial charge in [-0.25, -0.2) is 0 Å². The van der Waals surface area contributed by atoms with Gasteiger partial charge in [-0.1, -0.05) is 0 Å². The van der Waals surface area contributed by atoms with Crippen LogP contribution in [0.1, 0.15) is 0 Å². The maximum Gasteiger partial charge on any atom is 0.0552 e.